The van der Waals surface area contributed by atoms with Crippen molar-refractivity contribution in [2.75, 3.05) is 18.8 Å². The van der Waals surface area contributed by atoms with E-state index in [2.05, 4.69) is 16.4 Å². The summed E-state index contributed by atoms with van der Waals surface area (Å²) in [5.41, 5.74) is 10.5. The molecule has 2 fully saturated rings. The van der Waals surface area contributed by atoms with Crippen molar-refractivity contribution >= 4 is 29.1 Å². The maximum absolute atomic E-state index is 13.5. The van der Waals surface area contributed by atoms with Gasteiger partial charge < -0.3 is 25.5 Å². The molecule has 3 aromatic carbocycles. The average Bonchev–Trinajstić information content (AvgIpc) is 3.83. The van der Waals surface area contributed by atoms with Crippen molar-refractivity contribution in [2.24, 2.45) is 0 Å². The van der Waals surface area contributed by atoms with E-state index in [1.165, 1.54) is 35.4 Å². The lowest BCUT2D eigenvalue weighted by Gasteiger charge is -2.34. The van der Waals surface area contributed by atoms with Gasteiger partial charge in [0.2, 0.25) is 6.41 Å². The van der Waals surface area contributed by atoms with Crippen LogP contribution >= 0.6 is 0 Å². The average molecular weight is 597 g/mol. The number of amides is 2. The number of aromatic nitrogens is 1. The molecule has 224 valence electrons. The van der Waals surface area contributed by atoms with E-state index in [0.29, 0.717) is 39.9 Å². The predicted octanol–water partition coefficient (Wildman–Crippen LogP) is 6.19. The van der Waals surface area contributed by atoms with Gasteiger partial charge in [0.25, 0.3) is 5.91 Å². The van der Waals surface area contributed by atoms with Crippen LogP contribution in [0, 0.1) is 5.82 Å². The van der Waals surface area contributed by atoms with Crippen LogP contribution in [0.25, 0.3) is 33.2 Å². The molecule has 5 aromatic rings. The molecule has 4 N–H and O–H groups in total. The van der Waals surface area contributed by atoms with Crippen LogP contribution in [0.1, 0.15) is 40.4 Å². The monoisotopic (exact) mass is 596 g/mol. The van der Waals surface area contributed by atoms with Crippen LogP contribution < -0.4 is 11.1 Å². The first kappa shape index (κ1) is 28.9. The normalized spacial score (nSPS) is 14.5. The second-order valence-electron chi connectivity index (χ2n) is 11.0. The van der Waals surface area contributed by atoms with E-state index in [1.54, 1.807) is 42.5 Å². The zero-order valence-electron chi connectivity index (χ0n) is 23.7. The molecule has 1 saturated carbocycles. The molecule has 2 aromatic heterocycles. The molecule has 1 aliphatic heterocycles. The predicted molar refractivity (Wildman–Crippen MR) is 163 cm³/mol. The number of pyridine rings is 1. The molecule has 10 heteroatoms. The molecule has 7 rings (SSSR count). The van der Waals surface area contributed by atoms with Crippen LogP contribution in [-0.4, -0.2) is 46.6 Å². The van der Waals surface area contributed by atoms with E-state index >= 15 is 0 Å². The summed E-state index contributed by atoms with van der Waals surface area (Å²) in [6.07, 6.45) is 4.08. The number of anilines is 1. The van der Waals surface area contributed by atoms with Gasteiger partial charge in [-0.05, 0) is 83.5 Å². The smallest absolute Gasteiger partial charge is 0.254 e. The van der Waals surface area contributed by atoms with Gasteiger partial charge in [0.15, 0.2) is 11.5 Å². The van der Waals surface area contributed by atoms with E-state index in [-0.39, 0.29) is 42.9 Å². The number of likely N-dealkylation sites (tertiary alicyclic amines) is 1. The molecule has 0 atom stereocenters. The van der Waals surface area contributed by atoms with Crippen LogP contribution in [0.4, 0.5) is 14.6 Å². The number of rotatable bonds is 7. The molecule has 44 heavy (non-hydrogen) atoms. The lowest BCUT2D eigenvalue weighted by molar-refractivity contribution is -0.109. The molecule has 3 heterocycles. The van der Waals surface area contributed by atoms with Gasteiger partial charge in [0, 0.05) is 17.3 Å². The lowest BCUT2D eigenvalue weighted by atomic mass is 9.95. The molecule has 2 aliphatic rings. The molecule has 1 saturated heterocycles. The Kier molecular flexibility index (Phi) is 7.97. The fraction of sp³-hybridized carbons (Fsp3) is 0.206. The van der Waals surface area contributed by atoms with Gasteiger partial charge in [0.05, 0.1) is 25.0 Å². The molecule has 1 aliphatic carbocycles. The van der Waals surface area contributed by atoms with Gasteiger partial charge in [-0.15, -0.1) is 0 Å². The minimum Gasteiger partial charge on any atom is -0.504 e. The Morgan fingerprint density at radius 3 is 2.34 bits per heavy atom. The summed E-state index contributed by atoms with van der Waals surface area (Å²) in [6.45, 7) is 0.230. The zero-order valence-corrected chi connectivity index (χ0v) is 23.7. The molecule has 0 bridgehead atoms. The largest absolute Gasteiger partial charge is 0.504 e. The lowest BCUT2D eigenvalue weighted by Crippen LogP contribution is -2.51. The number of benzene rings is 3. The summed E-state index contributed by atoms with van der Waals surface area (Å²) in [5, 5.41) is 13.7. The number of nitrogens with two attached hydrogens (primary N) is 1. The van der Waals surface area contributed by atoms with Crippen molar-refractivity contribution in [1.29, 1.82) is 0 Å². The van der Waals surface area contributed by atoms with Crippen molar-refractivity contribution in [1.82, 2.24) is 15.2 Å². The van der Waals surface area contributed by atoms with E-state index in [0.717, 1.165) is 17.0 Å². The van der Waals surface area contributed by atoms with Crippen LogP contribution in [-0.2, 0) is 11.3 Å². The van der Waals surface area contributed by atoms with Crippen LogP contribution in [0.15, 0.2) is 83.4 Å². The summed E-state index contributed by atoms with van der Waals surface area (Å²) in [7, 11) is 0. The quantitative estimate of drug-likeness (QED) is 0.193. The van der Waals surface area contributed by atoms with Gasteiger partial charge >= 0.3 is 0 Å². The summed E-state index contributed by atoms with van der Waals surface area (Å²) >= 11 is 0. The third kappa shape index (κ3) is 6.10. The van der Waals surface area contributed by atoms with Crippen molar-refractivity contribution in [3.05, 3.63) is 102 Å². The highest BCUT2D eigenvalue weighted by Crippen LogP contribution is 2.42. The highest BCUT2D eigenvalue weighted by molar-refractivity contribution is 6.00. The number of furan rings is 1. The fourth-order valence-corrected chi connectivity index (χ4v) is 5.15. The van der Waals surface area contributed by atoms with Crippen LogP contribution in [0.2, 0.25) is 0 Å². The van der Waals surface area contributed by atoms with Gasteiger partial charge in [-0.2, -0.15) is 0 Å². The SMILES string of the molecule is Nc1ccc(C2CC2)cn1.O=CNCc1oc2c(-c3ccc(F)cc3)cc(-c3ccc(C(=O)N4CC(F)C4)cc3)cc2c1O. The highest BCUT2D eigenvalue weighted by Gasteiger charge is 2.31. The number of alkyl halides is 1. The van der Waals surface area contributed by atoms with E-state index in [4.69, 9.17) is 10.2 Å². The zero-order chi connectivity index (χ0) is 30.8. The maximum atomic E-state index is 13.5. The first-order valence-electron chi connectivity index (χ1n) is 14.3. The molecular formula is C34H30F2N4O4. The number of fused-ring (bicyclic) bond motifs is 1. The standard InChI is InChI=1S/C26H20F2N2O4.C8H10N2/c27-19-7-5-16(6-8-19)21-9-18(10-22-24(32)23(11-29-14-31)34-25(21)22)15-1-3-17(4-2-15)26(33)30-12-20(28)13-30;9-8-4-3-7(5-10-8)6-1-2-6/h1-10,14,20,32H,11-13H2,(H,29,31);3-6H,1-2H2,(H2,9,10). The Bertz CT molecular complexity index is 1800. The molecule has 0 spiro atoms. The van der Waals surface area contributed by atoms with Crippen molar-refractivity contribution < 1.29 is 27.9 Å². The van der Waals surface area contributed by atoms with E-state index in [1.807, 2.05) is 18.3 Å². The molecule has 0 radical (unpaired) electrons. The Morgan fingerprint density at radius 1 is 1.02 bits per heavy atom. The van der Waals surface area contributed by atoms with Crippen LogP contribution in [0.5, 0.6) is 5.75 Å². The number of halogens is 2. The first-order valence-corrected chi connectivity index (χ1v) is 14.3. The number of nitrogens with one attached hydrogen (secondary N) is 1. The maximum Gasteiger partial charge on any atom is 0.254 e. The third-order valence-electron chi connectivity index (χ3n) is 7.78. The van der Waals surface area contributed by atoms with Gasteiger partial charge in [-0.25, -0.2) is 13.8 Å². The van der Waals surface area contributed by atoms with E-state index < -0.39 is 6.17 Å². The Hall–Kier alpha value is -5.25. The molecule has 8 nitrogen and oxygen atoms in total. The van der Waals surface area contributed by atoms with Gasteiger partial charge in [-0.1, -0.05) is 30.3 Å². The Balaban J connectivity index is 0.000000289. The van der Waals surface area contributed by atoms with Crippen molar-refractivity contribution in [2.45, 2.75) is 31.5 Å². The second-order valence-corrected chi connectivity index (χ2v) is 11.0. The minimum absolute atomic E-state index is 0.00918. The summed E-state index contributed by atoms with van der Waals surface area (Å²) in [6, 6.07) is 20.4. The number of hydrogen-bond donors (Lipinski definition) is 3. The number of nitrogen functional groups attached to an aromatic ring is 1. The fourth-order valence-electron chi connectivity index (χ4n) is 5.15. The van der Waals surface area contributed by atoms with Crippen LogP contribution in [0.3, 0.4) is 0 Å². The van der Waals surface area contributed by atoms with Gasteiger partial charge in [-0.3, -0.25) is 9.59 Å². The second kappa shape index (κ2) is 12.2. The first-order chi connectivity index (χ1) is 21.3. The van der Waals surface area contributed by atoms with Crippen molar-refractivity contribution in [3.63, 3.8) is 0 Å². The molecular weight excluding hydrogens is 566 g/mol. The summed E-state index contributed by atoms with van der Waals surface area (Å²) < 4.78 is 32.5. The Morgan fingerprint density at radius 2 is 1.73 bits per heavy atom. The summed E-state index contributed by atoms with van der Waals surface area (Å²) in [4.78, 5) is 28.6. The highest BCUT2D eigenvalue weighted by atomic mass is 19.1. The third-order valence-corrected chi connectivity index (χ3v) is 7.78. The van der Waals surface area contributed by atoms with Gasteiger partial charge in [0.1, 0.15) is 23.4 Å². The number of hydrogen-bond acceptors (Lipinski definition) is 6. The Labute approximate surface area is 252 Å². The summed E-state index contributed by atoms with van der Waals surface area (Å²) in [5.74, 6) is 0.903. The molecule has 0 unspecified atom stereocenters. The number of nitrogens with zero attached hydrogens (tertiary/aromatic N) is 2. The minimum atomic E-state index is -0.964. The van der Waals surface area contributed by atoms with E-state index in [9.17, 15) is 23.5 Å². The number of carbonyl (C=O) groups is 2. The molecule has 2 amide bonds. The number of carbonyl (C=O) groups excluding carboxylic acids is 2. The topological polar surface area (TPSA) is 122 Å². The van der Waals surface area contributed by atoms with Crippen molar-refractivity contribution in [3.8, 4) is 28.0 Å². The number of aromatic hydroxyl groups is 1.